The van der Waals surface area contributed by atoms with Crippen LogP contribution in [0.4, 0.5) is 0 Å². The Morgan fingerprint density at radius 1 is 1.62 bits per heavy atom. The number of aliphatic carboxylic acids is 1. The van der Waals surface area contributed by atoms with Gasteiger partial charge in [0.25, 0.3) is 0 Å². The first-order chi connectivity index (χ1) is 10.1. The standard InChI is InChI=1S/C14H20N2O4S/c1-20-7-2-3-10(15)13(17)16-6-4-11-9(5-8-21-11)12(16)14(18)19/h5,8,10,12H,2-4,6-7,15H2,1H3,(H,18,19). The minimum atomic E-state index is -1.01. The number of nitrogens with zero attached hydrogens (tertiary/aromatic N) is 1. The van der Waals surface area contributed by atoms with Crippen LogP contribution in [0, 0.1) is 0 Å². The van der Waals surface area contributed by atoms with Crippen LogP contribution in [0.15, 0.2) is 11.4 Å². The van der Waals surface area contributed by atoms with Crippen molar-refractivity contribution in [3.63, 3.8) is 0 Å². The van der Waals surface area contributed by atoms with Crippen LogP contribution in [-0.4, -0.2) is 48.2 Å². The van der Waals surface area contributed by atoms with Crippen molar-refractivity contribution in [2.45, 2.75) is 31.3 Å². The minimum absolute atomic E-state index is 0.296. The average Bonchev–Trinajstić information content (AvgIpc) is 2.93. The number of thiophene rings is 1. The van der Waals surface area contributed by atoms with E-state index >= 15 is 0 Å². The Bertz CT molecular complexity index is 517. The van der Waals surface area contributed by atoms with Gasteiger partial charge in [0.2, 0.25) is 5.91 Å². The van der Waals surface area contributed by atoms with Gasteiger partial charge in [0.1, 0.15) is 0 Å². The van der Waals surface area contributed by atoms with Crippen molar-refractivity contribution >= 4 is 23.2 Å². The summed E-state index contributed by atoms with van der Waals surface area (Å²) >= 11 is 1.54. The molecule has 6 nitrogen and oxygen atoms in total. The van der Waals surface area contributed by atoms with Gasteiger partial charge in [0, 0.05) is 25.1 Å². The van der Waals surface area contributed by atoms with Crippen LogP contribution in [0.25, 0.3) is 0 Å². The Labute approximate surface area is 127 Å². The number of amides is 1. The van der Waals surface area contributed by atoms with E-state index in [2.05, 4.69) is 0 Å². The number of carboxylic acids is 1. The molecular weight excluding hydrogens is 292 g/mol. The quantitative estimate of drug-likeness (QED) is 0.765. The molecule has 0 aromatic carbocycles. The van der Waals surface area contributed by atoms with E-state index in [0.717, 1.165) is 10.4 Å². The van der Waals surface area contributed by atoms with Crippen LogP contribution in [0.1, 0.15) is 29.3 Å². The molecular formula is C14H20N2O4S. The average molecular weight is 312 g/mol. The van der Waals surface area contributed by atoms with Gasteiger partial charge in [-0.1, -0.05) is 0 Å². The number of fused-ring (bicyclic) bond motifs is 1. The first-order valence-corrected chi connectivity index (χ1v) is 7.78. The lowest BCUT2D eigenvalue weighted by Gasteiger charge is -2.34. The Kier molecular flexibility index (Phi) is 5.33. The second kappa shape index (κ2) is 7.02. The van der Waals surface area contributed by atoms with Gasteiger partial charge in [-0.15, -0.1) is 11.3 Å². The highest BCUT2D eigenvalue weighted by molar-refractivity contribution is 7.10. The van der Waals surface area contributed by atoms with Crippen LogP contribution in [0.3, 0.4) is 0 Å². The van der Waals surface area contributed by atoms with Gasteiger partial charge < -0.3 is 20.5 Å². The molecule has 0 spiro atoms. The van der Waals surface area contributed by atoms with Gasteiger partial charge >= 0.3 is 5.97 Å². The molecule has 2 rings (SSSR count). The second-order valence-corrected chi connectivity index (χ2v) is 6.06. The fourth-order valence-corrected chi connectivity index (χ4v) is 3.51. The first-order valence-electron chi connectivity index (χ1n) is 6.90. The topological polar surface area (TPSA) is 92.9 Å². The highest BCUT2D eigenvalue weighted by Gasteiger charge is 2.37. The lowest BCUT2D eigenvalue weighted by atomic mass is 9.98. The van der Waals surface area contributed by atoms with Crippen molar-refractivity contribution in [2.24, 2.45) is 5.73 Å². The number of carbonyl (C=O) groups is 2. The van der Waals surface area contributed by atoms with Gasteiger partial charge in [-0.2, -0.15) is 0 Å². The summed E-state index contributed by atoms with van der Waals surface area (Å²) in [6, 6.07) is 0.192. The molecule has 1 aliphatic heterocycles. The van der Waals surface area contributed by atoms with Crippen molar-refractivity contribution in [2.75, 3.05) is 20.3 Å². The number of nitrogens with two attached hydrogens (primary N) is 1. The molecule has 21 heavy (non-hydrogen) atoms. The molecule has 3 N–H and O–H groups in total. The summed E-state index contributed by atoms with van der Waals surface area (Å²) in [4.78, 5) is 26.4. The molecule has 1 amide bonds. The molecule has 2 unspecified atom stereocenters. The molecule has 2 heterocycles. The van der Waals surface area contributed by atoms with E-state index in [-0.39, 0.29) is 5.91 Å². The smallest absolute Gasteiger partial charge is 0.331 e. The van der Waals surface area contributed by atoms with E-state index in [4.69, 9.17) is 10.5 Å². The van der Waals surface area contributed by atoms with Gasteiger partial charge in [-0.05, 0) is 36.3 Å². The van der Waals surface area contributed by atoms with Gasteiger partial charge in [0.15, 0.2) is 6.04 Å². The highest BCUT2D eigenvalue weighted by atomic mass is 32.1. The number of hydrogen-bond donors (Lipinski definition) is 2. The number of methoxy groups -OCH3 is 1. The zero-order valence-corrected chi connectivity index (χ0v) is 12.8. The SMILES string of the molecule is COCCCC(N)C(=O)N1CCc2sccc2C1C(=O)O. The normalized spacial score (nSPS) is 19.1. The summed E-state index contributed by atoms with van der Waals surface area (Å²) in [6.45, 7) is 0.944. The number of carboxylic acid groups (broad SMARTS) is 1. The lowest BCUT2D eigenvalue weighted by Crippen LogP contribution is -2.50. The molecule has 0 aliphatic carbocycles. The van der Waals surface area contributed by atoms with Crippen molar-refractivity contribution in [1.29, 1.82) is 0 Å². The summed E-state index contributed by atoms with van der Waals surface area (Å²) in [5.41, 5.74) is 6.63. The van der Waals surface area contributed by atoms with Crippen molar-refractivity contribution in [1.82, 2.24) is 4.90 Å². The highest BCUT2D eigenvalue weighted by Crippen LogP contribution is 2.33. The van der Waals surface area contributed by atoms with Crippen LogP contribution in [0.5, 0.6) is 0 Å². The van der Waals surface area contributed by atoms with Gasteiger partial charge in [-0.3, -0.25) is 4.79 Å². The van der Waals surface area contributed by atoms with Crippen molar-refractivity contribution in [3.8, 4) is 0 Å². The second-order valence-electron chi connectivity index (χ2n) is 5.06. The first kappa shape index (κ1) is 15.9. The van der Waals surface area contributed by atoms with E-state index in [0.29, 0.717) is 32.4 Å². The third-order valence-corrected chi connectivity index (χ3v) is 4.66. The number of carbonyl (C=O) groups excluding carboxylic acids is 1. The monoisotopic (exact) mass is 312 g/mol. The fourth-order valence-electron chi connectivity index (χ4n) is 2.60. The zero-order valence-electron chi connectivity index (χ0n) is 11.9. The summed E-state index contributed by atoms with van der Waals surface area (Å²) in [7, 11) is 1.59. The van der Waals surface area contributed by atoms with Crippen molar-refractivity contribution in [3.05, 3.63) is 21.9 Å². The van der Waals surface area contributed by atoms with E-state index in [1.165, 1.54) is 16.2 Å². The minimum Gasteiger partial charge on any atom is -0.479 e. The molecule has 116 valence electrons. The number of ether oxygens (including phenoxy) is 1. The third-order valence-electron chi connectivity index (χ3n) is 3.66. The Morgan fingerprint density at radius 2 is 2.38 bits per heavy atom. The molecule has 1 aliphatic rings. The maximum Gasteiger partial charge on any atom is 0.331 e. The molecule has 1 aromatic heterocycles. The van der Waals surface area contributed by atoms with E-state index < -0.39 is 18.1 Å². The number of hydrogen-bond acceptors (Lipinski definition) is 5. The predicted octanol–water partition coefficient (Wildman–Crippen LogP) is 1.01. The molecule has 7 heteroatoms. The summed E-state index contributed by atoms with van der Waals surface area (Å²) < 4.78 is 4.94. The zero-order chi connectivity index (χ0) is 15.4. The van der Waals surface area contributed by atoms with Crippen LogP contribution in [-0.2, 0) is 20.7 Å². The third kappa shape index (κ3) is 3.42. The summed E-state index contributed by atoms with van der Waals surface area (Å²) in [6.07, 6.45) is 1.86. The summed E-state index contributed by atoms with van der Waals surface area (Å²) in [5, 5.41) is 11.3. The van der Waals surface area contributed by atoms with Crippen LogP contribution >= 0.6 is 11.3 Å². The fraction of sp³-hybridized carbons (Fsp3) is 0.571. The molecule has 0 saturated carbocycles. The molecule has 1 aromatic rings. The Hall–Kier alpha value is -1.44. The number of rotatable bonds is 6. The van der Waals surface area contributed by atoms with E-state index in [9.17, 15) is 14.7 Å². The molecule has 2 atom stereocenters. The van der Waals surface area contributed by atoms with Gasteiger partial charge in [-0.25, -0.2) is 4.79 Å². The Morgan fingerprint density at radius 3 is 3.05 bits per heavy atom. The molecule has 0 saturated heterocycles. The lowest BCUT2D eigenvalue weighted by molar-refractivity contribution is -0.151. The largest absolute Gasteiger partial charge is 0.479 e. The Balaban J connectivity index is 2.11. The van der Waals surface area contributed by atoms with E-state index in [1.807, 2.05) is 5.38 Å². The maximum absolute atomic E-state index is 12.4. The van der Waals surface area contributed by atoms with E-state index in [1.54, 1.807) is 13.2 Å². The molecule has 0 bridgehead atoms. The summed E-state index contributed by atoms with van der Waals surface area (Å²) in [5.74, 6) is -1.30. The maximum atomic E-state index is 12.4. The van der Waals surface area contributed by atoms with Crippen LogP contribution in [0.2, 0.25) is 0 Å². The van der Waals surface area contributed by atoms with Crippen molar-refractivity contribution < 1.29 is 19.4 Å². The molecule has 0 fully saturated rings. The predicted molar refractivity (Wildman–Crippen MR) is 79.2 cm³/mol. The molecule has 0 radical (unpaired) electrons. The van der Waals surface area contributed by atoms with Crippen LogP contribution < -0.4 is 5.73 Å². The van der Waals surface area contributed by atoms with Gasteiger partial charge in [0.05, 0.1) is 6.04 Å².